The van der Waals surface area contributed by atoms with Gasteiger partial charge in [0, 0.05) is 11.0 Å². The Morgan fingerprint density at radius 1 is 1.44 bits per heavy atom. The Hall–Kier alpha value is -1.51. The summed E-state index contributed by atoms with van der Waals surface area (Å²) in [6, 6.07) is 3.40. The normalized spacial score (nSPS) is 11.8. The molecule has 1 aromatic carbocycles. The highest BCUT2D eigenvalue weighted by atomic mass is 32.2. The summed E-state index contributed by atoms with van der Waals surface area (Å²) in [5.41, 5.74) is 4.74. The minimum Gasteiger partial charge on any atom is -0.393 e. The molecule has 0 saturated heterocycles. The van der Waals surface area contributed by atoms with Crippen LogP contribution in [0.5, 0.6) is 0 Å². The van der Waals surface area contributed by atoms with Crippen molar-refractivity contribution in [3.05, 3.63) is 28.3 Å². The molecule has 2 N–H and O–H groups in total. The monoisotopic (exact) mass is 284 g/mol. The van der Waals surface area contributed by atoms with Crippen molar-refractivity contribution in [2.24, 2.45) is 0 Å². The lowest BCUT2D eigenvalue weighted by atomic mass is 10.3. The molecule has 0 bridgehead atoms. The maximum absolute atomic E-state index is 12.6. The minimum absolute atomic E-state index is 0.0798. The Kier molecular flexibility index (Phi) is 4.38. The van der Waals surface area contributed by atoms with Crippen molar-refractivity contribution in [1.29, 1.82) is 0 Å². The van der Waals surface area contributed by atoms with Crippen molar-refractivity contribution in [2.45, 2.75) is 17.2 Å². The number of halogens is 4. The zero-order valence-corrected chi connectivity index (χ0v) is 9.59. The van der Waals surface area contributed by atoms with Gasteiger partial charge in [0.15, 0.2) is 0 Å². The summed E-state index contributed by atoms with van der Waals surface area (Å²) in [4.78, 5) is 9.84. The third kappa shape index (κ3) is 3.49. The number of hydrogen-bond donors (Lipinski definition) is 1. The van der Waals surface area contributed by atoms with E-state index in [4.69, 9.17) is 5.73 Å². The van der Waals surface area contributed by atoms with Crippen molar-refractivity contribution < 1.29 is 22.5 Å². The van der Waals surface area contributed by atoms with Gasteiger partial charge in [0.05, 0.1) is 10.7 Å². The molecule has 0 aliphatic heterocycles. The molecule has 0 aromatic heterocycles. The van der Waals surface area contributed by atoms with Gasteiger partial charge in [-0.3, -0.25) is 10.1 Å². The van der Waals surface area contributed by atoms with Crippen LogP contribution in [0.3, 0.4) is 0 Å². The van der Waals surface area contributed by atoms with Gasteiger partial charge in [-0.1, -0.05) is 0 Å². The van der Waals surface area contributed by atoms with Gasteiger partial charge in [-0.05, 0) is 12.1 Å². The van der Waals surface area contributed by atoms with Crippen LogP contribution in [0.2, 0.25) is 0 Å². The average molecular weight is 284 g/mol. The number of alkyl halides is 4. The highest BCUT2D eigenvalue weighted by Gasteiger charge is 2.40. The Labute approximate surface area is 103 Å². The molecule has 0 aliphatic carbocycles. The number of thioether (sulfide) groups is 1. The lowest BCUT2D eigenvalue weighted by molar-refractivity contribution is -0.384. The SMILES string of the molecule is Nc1ccc(SCC(F)(F)C(F)F)cc1[N+](=O)[O-]. The molecule has 0 aliphatic rings. The fourth-order valence-electron chi connectivity index (χ4n) is 1.01. The van der Waals surface area contributed by atoms with Crippen LogP contribution in [-0.4, -0.2) is 23.0 Å². The number of nitrogens with zero attached hydrogens (tertiary/aromatic N) is 1. The lowest BCUT2D eigenvalue weighted by Crippen LogP contribution is -2.29. The molecule has 0 radical (unpaired) electrons. The number of rotatable bonds is 5. The quantitative estimate of drug-likeness (QED) is 0.296. The molecule has 1 rings (SSSR count). The lowest BCUT2D eigenvalue weighted by Gasteiger charge is -2.14. The number of anilines is 1. The zero-order chi connectivity index (χ0) is 13.9. The van der Waals surface area contributed by atoms with Gasteiger partial charge in [-0.15, -0.1) is 11.8 Å². The Morgan fingerprint density at radius 2 is 2.06 bits per heavy atom. The number of nitro groups is 1. The molecular formula is C9H8F4N2O2S. The summed E-state index contributed by atoms with van der Waals surface area (Å²) < 4.78 is 49.1. The van der Waals surface area contributed by atoms with Crippen molar-refractivity contribution in [3.63, 3.8) is 0 Å². The van der Waals surface area contributed by atoms with Crippen LogP contribution in [0.4, 0.5) is 28.9 Å². The second kappa shape index (κ2) is 5.42. The molecule has 9 heteroatoms. The van der Waals surface area contributed by atoms with E-state index in [2.05, 4.69) is 0 Å². The van der Waals surface area contributed by atoms with E-state index < -0.39 is 28.7 Å². The fourth-order valence-corrected chi connectivity index (χ4v) is 1.86. The molecule has 0 amide bonds. The third-order valence-corrected chi connectivity index (χ3v) is 3.07. The van der Waals surface area contributed by atoms with Crippen LogP contribution in [0.25, 0.3) is 0 Å². The maximum atomic E-state index is 12.6. The van der Waals surface area contributed by atoms with Crippen LogP contribution in [0.1, 0.15) is 0 Å². The highest BCUT2D eigenvalue weighted by molar-refractivity contribution is 7.99. The molecule has 0 saturated carbocycles. The predicted octanol–water partition coefficient (Wildman–Crippen LogP) is 3.17. The molecule has 0 atom stereocenters. The molecule has 0 fully saturated rings. The summed E-state index contributed by atoms with van der Waals surface area (Å²) >= 11 is 0.406. The van der Waals surface area contributed by atoms with Crippen LogP contribution in [0, 0.1) is 10.1 Å². The maximum Gasteiger partial charge on any atom is 0.316 e. The summed E-state index contributed by atoms with van der Waals surface area (Å²) in [5.74, 6) is -5.30. The van der Waals surface area contributed by atoms with E-state index in [1.165, 1.54) is 12.1 Å². The van der Waals surface area contributed by atoms with Gasteiger partial charge in [0.1, 0.15) is 5.69 Å². The van der Waals surface area contributed by atoms with E-state index in [1.54, 1.807) is 0 Å². The van der Waals surface area contributed by atoms with Crippen LogP contribution >= 0.6 is 11.8 Å². The molecule has 4 nitrogen and oxygen atoms in total. The summed E-state index contributed by atoms with van der Waals surface area (Å²) in [6.45, 7) is 0. The number of hydrogen-bond acceptors (Lipinski definition) is 4. The molecule has 100 valence electrons. The van der Waals surface area contributed by atoms with E-state index in [1.807, 2.05) is 0 Å². The average Bonchev–Trinajstić information content (AvgIpc) is 2.27. The Bertz CT molecular complexity index is 456. The summed E-state index contributed by atoms with van der Waals surface area (Å²) in [7, 11) is 0. The first kappa shape index (κ1) is 14.6. The summed E-state index contributed by atoms with van der Waals surface area (Å²) in [6.07, 6.45) is -3.77. The summed E-state index contributed by atoms with van der Waals surface area (Å²) in [5, 5.41) is 10.5. The molecule has 1 aromatic rings. The van der Waals surface area contributed by atoms with Crippen molar-refractivity contribution >= 4 is 23.1 Å². The number of nitrogen functional groups attached to an aromatic ring is 1. The molecule has 0 heterocycles. The van der Waals surface area contributed by atoms with E-state index in [0.29, 0.717) is 11.8 Å². The zero-order valence-electron chi connectivity index (χ0n) is 8.78. The molecule has 18 heavy (non-hydrogen) atoms. The van der Waals surface area contributed by atoms with Crippen LogP contribution in [0.15, 0.2) is 23.1 Å². The molecular weight excluding hydrogens is 276 g/mol. The molecule has 0 unspecified atom stereocenters. The van der Waals surface area contributed by atoms with Crippen molar-refractivity contribution in [3.8, 4) is 0 Å². The van der Waals surface area contributed by atoms with E-state index in [-0.39, 0.29) is 10.6 Å². The number of benzene rings is 1. The van der Waals surface area contributed by atoms with Gasteiger partial charge >= 0.3 is 12.3 Å². The van der Waals surface area contributed by atoms with Gasteiger partial charge in [0.25, 0.3) is 5.69 Å². The number of nitro benzene ring substituents is 1. The predicted molar refractivity (Wildman–Crippen MR) is 59.2 cm³/mol. The Balaban J connectivity index is 2.81. The first-order valence-electron chi connectivity index (χ1n) is 4.56. The first-order valence-corrected chi connectivity index (χ1v) is 5.55. The van der Waals surface area contributed by atoms with Gasteiger partial charge in [-0.25, -0.2) is 8.78 Å². The van der Waals surface area contributed by atoms with Crippen LogP contribution < -0.4 is 5.73 Å². The van der Waals surface area contributed by atoms with Gasteiger partial charge in [-0.2, -0.15) is 8.78 Å². The third-order valence-electron chi connectivity index (χ3n) is 1.95. The van der Waals surface area contributed by atoms with E-state index in [0.717, 1.165) is 6.07 Å². The van der Waals surface area contributed by atoms with E-state index in [9.17, 15) is 27.7 Å². The fraction of sp³-hybridized carbons (Fsp3) is 0.333. The van der Waals surface area contributed by atoms with Crippen molar-refractivity contribution in [1.82, 2.24) is 0 Å². The van der Waals surface area contributed by atoms with Crippen LogP contribution in [-0.2, 0) is 0 Å². The largest absolute Gasteiger partial charge is 0.393 e. The highest BCUT2D eigenvalue weighted by Crippen LogP contribution is 2.33. The number of nitrogens with two attached hydrogens (primary N) is 1. The van der Waals surface area contributed by atoms with Gasteiger partial charge < -0.3 is 5.73 Å². The van der Waals surface area contributed by atoms with E-state index >= 15 is 0 Å². The Morgan fingerprint density at radius 3 is 2.56 bits per heavy atom. The second-order valence-corrected chi connectivity index (χ2v) is 4.38. The molecule has 0 spiro atoms. The minimum atomic E-state index is -4.14. The topological polar surface area (TPSA) is 69.2 Å². The smallest absolute Gasteiger partial charge is 0.316 e. The van der Waals surface area contributed by atoms with Crippen molar-refractivity contribution in [2.75, 3.05) is 11.5 Å². The first-order chi connectivity index (χ1) is 8.24. The van der Waals surface area contributed by atoms with Gasteiger partial charge in [0.2, 0.25) is 0 Å². The standard InChI is InChI=1S/C9H8F4N2O2S/c10-8(11)9(12,13)4-18-5-1-2-6(14)7(3-5)15(16)17/h1-3,8H,4,14H2. The second-order valence-electron chi connectivity index (χ2n) is 3.33.